The number of fused-ring (bicyclic) bond motifs is 2. The van der Waals surface area contributed by atoms with Gasteiger partial charge in [0, 0.05) is 12.1 Å². The second kappa shape index (κ2) is 7.64. The summed E-state index contributed by atoms with van der Waals surface area (Å²) in [5.41, 5.74) is 1.34. The predicted molar refractivity (Wildman–Crippen MR) is 115 cm³/mol. The van der Waals surface area contributed by atoms with Gasteiger partial charge in [-0.15, -0.1) is 0 Å². The van der Waals surface area contributed by atoms with Crippen molar-refractivity contribution in [1.29, 1.82) is 0 Å². The van der Waals surface area contributed by atoms with Crippen LogP contribution in [0.4, 0.5) is 0 Å². The quantitative estimate of drug-likeness (QED) is 0.528. The summed E-state index contributed by atoms with van der Waals surface area (Å²) in [4.78, 5) is 13.7. The van der Waals surface area contributed by atoms with Gasteiger partial charge in [-0.05, 0) is 6.42 Å². The van der Waals surface area contributed by atoms with E-state index in [1.165, 1.54) is 28.4 Å². The maximum Gasteiger partial charge on any atom is 0.263 e. The molecule has 0 saturated carbocycles. The topological polar surface area (TPSA) is 86.6 Å². The minimum Gasteiger partial charge on any atom is -0.492 e. The molecule has 31 heavy (non-hydrogen) atoms. The van der Waals surface area contributed by atoms with E-state index in [0.717, 1.165) is 5.56 Å². The number of benzene rings is 2. The summed E-state index contributed by atoms with van der Waals surface area (Å²) in [6.07, 6.45) is 0.602. The molecule has 4 rings (SSSR count). The van der Waals surface area contributed by atoms with E-state index in [2.05, 4.69) is 0 Å². The van der Waals surface area contributed by atoms with Gasteiger partial charge in [-0.2, -0.15) is 0 Å². The van der Waals surface area contributed by atoms with Crippen molar-refractivity contribution < 1.29 is 33.2 Å². The lowest BCUT2D eigenvalue weighted by atomic mass is 9.98. The van der Waals surface area contributed by atoms with Gasteiger partial charge >= 0.3 is 0 Å². The maximum atomic E-state index is 13.7. The molecule has 0 unspecified atom stereocenters. The first-order valence-electron chi connectivity index (χ1n) is 9.61. The van der Waals surface area contributed by atoms with E-state index in [1.807, 2.05) is 0 Å². The Morgan fingerprint density at radius 1 is 0.548 bits per heavy atom. The van der Waals surface area contributed by atoms with Crippen LogP contribution in [0.5, 0.6) is 40.2 Å². The second-order valence-corrected chi connectivity index (χ2v) is 6.89. The maximum absolute atomic E-state index is 13.7. The number of hydrogen-bond donors (Lipinski definition) is 0. The minimum absolute atomic E-state index is 0.230. The minimum atomic E-state index is -0.230. The monoisotopic (exact) mass is 431 g/mol. The molecule has 0 spiro atoms. The van der Waals surface area contributed by atoms with Gasteiger partial charge in [0.15, 0.2) is 23.0 Å². The number of methoxy groups -OCH3 is 7. The summed E-state index contributed by atoms with van der Waals surface area (Å²) in [5, 5.41) is 1.45. The normalized spacial score (nSPS) is 12.2. The van der Waals surface area contributed by atoms with E-state index in [-0.39, 0.29) is 17.1 Å². The van der Waals surface area contributed by atoms with E-state index < -0.39 is 0 Å². The molecule has 0 amide bonds. The molecule has 0 atom stereocenters. The van der Waals surface area contributed by atoms with Crippen LogP contribution in [0.15, 0.2) is 4.79 Å². The summed E-state index contributed by atoms with van der Waals surface area (Å²) in [6, 6.07) is 0. The van der Waals surface area contributed by atoms with Crippen molar-refractivity contribution in [2.45, 2.75) is 13.0 Å². The fraction of sp³-hybridized carbons (Fsp3) is 0.409. The van der Waals surface area contributed by atoms with Gasteiger partial charge in [-0.3, -0.25) is 4.79 Å². The standard InChI is InChI=1S/C22H25NO8/c1-25-15-10-8-9-23-14(10)12(17(27-3)19(15)29-5)11-13(22(23)24)18(28-4)21(31-7)20(30-6)16(11)26-2/h8-9H2,1-7H3. The van der Waals surface area contributed by atoms with Gasteiger partial charge in [0.25, 0.3) is 5.56 Å². The molecule has 0 radical (unpaired) electrons. The molecule has 2 heterocycles. The van der Waals surface area contributed by atoms with Gasteiger partial charge in [0.1, 0.15) is 0 Å². The Balaban J connectivity index is 2.46. The Hall–Kier alpha value is -3.49. The van der Waals surface area contributed by atoms with Crippen molar-refractivity contribution in [1.82, 2.24) is 4.57 Å². The number of ether oxygens (including phenoxy) is 7. The molecule has 0 fully saturated rings. The highest BCUT2D eigenvalue weighted by Crippen LogP contribution is 2.56. The Morgan fingerprint density at radius 2 is 0.968 bits per heavy atom. The Bertz CT molecular complexity index is 1260. The van der Waals surface area contributed by atoms with E-state index in [1.54, 1.807) is 25.9 Å². The highest BCUT2D eigenvalue weighted by Gasteiger charge is 2.35. The number of rotatable bonds is 7. The van der Waals surface area contributed by atoms with Crippen LogP contribution in [-0.2, 0) is 13.0 Å². The molecule has 9 nitrogen and oxygen atoms in total. The smallest absolute Gasteiger partial charge is 0.263 e. The Morgan fingerprint density at radius 3 is 1.45 bits per heavy atom. The van der Waals surface area contributed by atoms with Crippen LogP contribution in [0, 0.1) is 0 Å². The molecule has 1 aromatic heterocycles. The lowest BCUT2D eigenvalue weighted by Gasteiger charge is -2.22. The van der Waals surface area contributed by atoms with Gasteiger partial charge in [0.05, 0.1) is 71.4 Å². The van der Waals surface area contributed by atoms with E-state index in [4.69, 9.17) is 33.2 Å². The summed E-state index contributed by atoms with van der Waals surface area (Å²) in [6.45, 7) is 0.479. The second-order valence-electron chi connectivity index (χ2n) is 6.89. The molecule has 1 aliphatic heterocycles. The highest BCUT2D eigenvalue weighted by atomic mass is 16.5. The Kier molecular flexibility index (Phi) is 5.12. The Labute approximate surface area is 178 Å². The van der Waals surface area contributed by atoms with Crippen LogP contribution in [-0.4, -0.2) is 54.3 Å². The third-order valence-corrected chi connectivity index (χ3v) is 5.75. The first-order valence-corrected chi connectivity index (χ1v) is 9.61. The van der Waals surface area contributed by atoms with Crippen molar-refractivity contribution in [2.75, 3.05) is 49.8 Å². The number of pyridine rings is 1. The molecular formula is C22H25NO8. The van der Waals surface area contributed by atoms with Gasteiger partial charge < -0.3 is 37.7 Å². The molecule has 0 saturated heterocycles. The first-order chi connectivity index (χ1) is 15.0. The summed E-state index contributed by atoms with van der Waals surface area (Å²) in [7, 11) is 10.6. The molecular weight excluding hydrogens is 406 g/mol. The number of hydrogen-bond acceptors (Lipinski definition) is 8. The van der Waals surface area contributed by atoms with Gasteiger partial charge in [-0.1, -0.05) is 0 Å². The zero-order valence-corrected chi connectivity index (χ0v) is 18.6. The third-order valence-electron chi connectivity index (χ3n) is 5.75. The van der Waals surface area contributed by atoms with Crippen LogP contribution in [0.25, 0.3) is 21.7 Å². The van der Waals surface area contributed by atoms with E-state index in [0.29, 0.717) is 63.4 Å². The molecule has 0 bridgehead atoms. The van der Waals surface area contributed by atoms with Gasteiger partial charge in [-0.25, -0.2) is 0 Å². The van der Waals surface area contributed by atoms with Crippen LogP contribution in [0.1, 0.15) is 5.56 Å². The van der Waals surface area contributed by atoms with Crippen LogP contribution >= 0.6 is 0 Å². The fourth-order valence-electron chi connectivity index (χ4n) is 4.61. The molecule has 2 aromatic carbocycles. The average Bonchev–Trinajstić information content (AvgIpc) is 3.24. The van der Waals surface area contributed by atoms with Crippen molar-refractivity contribution in [3.05, 3.63) is 15.9 Å². The summed E-state index contributed by atoms with van der Waals surface area (Å²) >= 11 is 0. The van der Waals surface area contributed by atoms with E-state index >= 15 is 0 Å². The van der Waals surface area contributed by atoms with Crippen molar-refractivity contribution in [3.63, 3.8) is 0 Å². The third kappa shape index (κ3) is 2.52. The molecule has 9 heteroatoms. The zero-order chi connectivity index (χ0) is 22.4. The zero-order valence-electron chi connectivity index (χ0n) is 18.6. The van der Waals surface area contributed by atoms with Crippen LogP contribution in [0.2, 0.25) is 0 Å². The summed E-state index contributed by atoms with van der Waals surface area (Å²) < 4.78 is 41.4. The number of aromatic nitrogens is 1. The number of aryl methyl sites for hydroxylation is 2. The molecule has 0 aliphatic carbocycles. The van der Waals surface area contributed by atoms with Crippen molar-refractivity contribution in [2.24, 2.45) is 0 Å². The molecule has 166 valence electrons. The van der Waals surface area contributed by atoms with Gasteiger partial charge in [0.2, 0.25) is 17.2 Å². The molecule has 3 aromatic rings. The lowest BCUT2D eigenvalue weighted by Crippen LogP contribution is -2.20. The SMILES string of the molecule is COc1c(OC)c(OC)c2c(c1OC)c(=O)n1c3c(c(OC)c(OC)c(OC)c23)CC1. The number of nitrogens with zero attached hydrogens (tertiary/aromatic N) is 1. The lowest BCUT2D eigenvalue weighted by molar-refractivity contribution is 0.309. The van der Waals surface area contributed by atoms with Crippen LogP contribution < -0.4 is 38.7 Å². The van der Waals surface area contributed by atoms with Crippen molar-refractivity contribution in [3.8, 4) is 40.2 Å². The first kappa shape index (κ1) is 20.8. The molecule has 1 aliphatic rings. The molecule has 0 N–H and O–H groups in total. The predicted octanol–water partition coefficient (Wildman–Crippen LogP) is 2.77. The largest absolute Gasteiger partial charge is 0.492 e. The average molecular weight is 431 g/mol. The van der Waals surface area contributed by atoms with E-state index in [9.17, 15) is 4.79 Å². The van der Waals surface area contributed by atoms with Crippen LogP contribution in [0.3, 0.4) is 0 Å². The van der Waals surface area contributed by atoms with Crippen molar-refractivity contribution >= 4 is 21.7 Å². The fourth-order valence-corrected chi connectivity index (χ4v) is 4.61. The highest BCUT2D eigenvalue weighted by molar-refractivity contribution is 6.18. The summed E-state index contributed by atoms with van der Waals surface area (Å²) in [5.74, 6) is 2.59.